The van der Waals surface area contributed by atoms with Gasteiger partial charge in [0.2, 0.25) is 0 Å². The molecule has 4 heterocycles. The van der Waals surface area contributed by atoms with Gasteiger partial charge in [-0.3, -0.25) is 14.7 Å². The van der Waals surface area contributed by atoms with Crippen molar-refractivity contribution in [1.82, 2.24) is 19.5 Å². The van der Waals surface area contributed by atoms with Gasteiger partial charge in [0.25, 0.3) is 5.69 Å². The van der Waals surface area contributed by atoms with Crippen LogP contribution in [0.25, 0.3) is 11.2 Å². The highest BCUT2D eigenvalue weighted by Gasteiger charge is 2.56. The summed E-state index contributed by atoms with van der Waals surface area (Å²) in [5.41, 5.74) is 2.18. The number of hydrogen-bond acceptors (Lipinski definition) is 10. The summed E-state index contributed by atoms with van der Waals surface area (Å²) in [4.78, 5) is 23.7. The molecule has 2 aliphatic heterocycles. The summed E-state index contributed by atoms with van der Waals surface area (Å²) in [7, 11) is 0. The fourth-order valence-electron chi connectivity index (χ4n) is 4.02. The van der Waals surface area contributed by atoms with Gasteiger partial charge in [0.05, 0.1) is 17.9 Å². The molecule has 11 nitrogen and oxygen atoms in total. The van der Waals surface area contributed by atoms with E-state index in [0.717, 1.165) is 5.56 Å². The van der Waals surface area contributed by atoms with Crippen LogP contribution < -0.4 is 0 Å². The van der Waals surface area contributed by atoms with Crippen LogP contribution in [0.1, 0.15) is 25.6 Å². The fraction of sp³-hybridized carbons (Fsp3) is 0.450. The van der Waals surface area contributed by atoms with Crippen molar-refractivity contribution in [2.75, 3.05) is 6.61 Å². The third-order valence-corrected chi connectivity index (χ3v) is 6.48. The van der Waals surface area contributed by atoms with Gasteiger partial charge in [-0.1, -0.05) is 23.9 Å². The molecular weight excluding hydrogens is 438 g/mol. The predicted octanol–water partition coefficient (Wildman–Crippen LogP) is 2.44. The number of benzene rings is 1. The standard InChI is InChI=1S/C20H21N5O6S/c1-20(2)30-15-13(7-26)29-19(16(15)31-20)24-10-23-14-17(24)21-9-22-18(14)32-8-11-3-5-12(6-4-11)25(27)28/h3-6,9-10,13,15-16,19,26H,7-8H2,1-2H3. The van der Waals surface area contributed by atoms with Crippen LogP contribution in [0.15, 0.2) is 41.9 Å². The van der Waals surface area contributed by atoms with Crippen LogP contribution >= 0.6 is 11.8 Å². The van der Waals surface area contributed by atoms with Crippen LogP contribution in [-0.4, -0.2) is 60.3 Å². The van der Waals surface area contributed by atoms with Crippen molar-refractivity contribution >= 4 is 28.6 Å². The van der Waals surface area contributed by atoms with E-state index in [-0.39, 0.29) is 12.3 Å². The van der Waals surface area contributed by atoms with Gasteiger partial charge in [0.15, 0.2) is 17.7 Å². The number of nitrogens with zero attached hydrogens (tertiary/aromatic N) is 5. The number of nitro benzene ring substituents is 1. The summed E-state index contributed by atoms with van der Waals surface area (Å²) in [6.07, 6.45) is 1.23. The van der Waals surface area contributed by atoms with Crippen LogP contribution in [0.3, 0.4) is 0 Å². The predicted molar refractivity (Wildman–Crippen MR) is 113 cm³/mol. The molecule has 0 bridgehead atoms. The number of non-ortho nitro benzene ring substituents is 1. The van der Waals surface area contributed by atoms with Crippen molar-refractivity contribution in [2.24, 2.45) is 0 Å². The molecule has 3 aromatic rings. The normalized spacial score (nSPS) is 26.5. The number of fused-ring (bicyclic) bond motifs is 2. The summed E-state index contributed by atoms with van der Waals surface area (Å²) < 4.78 is 19.8. The first-order valence-electron chi connectivity index (χ1n) is 10.0. The van der Waals surface area contributed by atoms with Crippen molar-refractivity contribution in [3.63, 3.8) is 0 Å². The maximum atomic E-state index is 10.8. The van der Waals surface area contributed by atoms with E-state index in [1.807, 2.05) is 13.8 Å². The highest BCUT2D eigenvalue weighted by molar-refractivity contribution is 7.98. The molecule has 12 heteroatoms. The first kappa shape index (κ1) is 21.2. The molecule has 168 valence electrons. The lowest BCUT2D eigenvalue weighted by atomic mass is 10.1. The van der Waals surface area contributed by atoms with E-state index in [1.54, 1.807) is 23.0 Å². The number of imidazole rings is 1. The second-order valence-electron chi connectivity index (χ2n) is 8.03. The van der Waals surface area contributed by atoms with Gasteiger partial charge >= 0.3 is 0 Å². The Morgan fingerprint density at radius 1 is 1.19 bits per heavy atom. The molecular formula is C20H21N5O6S. The van der Waals surface area contributed by atoms with Crippen molar-refractivity contribution in [3.8, 4) is 0 Å². The zero-order valence-corrected chi connectivity index (χ0v) is 18.1. The molecule has 32 heavy (non-hydrogen) atoms. The van der Waals surface area contributed by atoms with E-state index in [0.29, 0.717) is 21.9 Å². The molecule has 0 radical (unpaired) electrons. The molecule has 4 atom stereocenters. The maximum absolute atomic E-state index is 10.8. The molecule has 2 aliphatic rings. The molecule has 5 rings (SSSR count). The van der Waals surface area contributed by atoms with E-state index in [9.17, 15) is 15.2 Å². The van der Waals surface area contributed by atoms with Gasteiger partial charge in [0.1, 0.15) is 35.2 Å². The Bertz CT molecular complexity index is 1150. The summed E-state index contributed by atoms with van der Waals surface area (Å²) in [5.74, 6) is -0.207. The Morgan fingerprint density at radius 3 is 2.66 bits per heavy atom. The highest BCUT2D eigenvalue weighted by Crippen LogP contribution is 2.43. The third kappa shape index (κ3) is 3.73. The molecule has 0 saturated carbocycles. The summed E-state index contributed by atoms with van der Waals surface area (Å²) in [6, 6.07) is 6.42. The number of thioether (sulfide) groups is 1. The van der Waals surface area contributed by atoms with Gasteiger partial charge in [-0.25, -0.2) is 15.0 Å². The monoisotopic (exact) mass is 459 g/mol. The number of aliphatic hydroxyl groups is 1. The molecule has 1 N–H and O–H groups in total. The smallest absolute Gasteiger partial charge is 0.269 e. The summed E-state index contributed by atoms with van der Waals surface area (Å²) in [6.45, 7) is 3.48. The molecule has 2 aromatic heterocycles. The van der Waals surface area contributed by atoms with E-state index in [1.165, 1.54) is 30.2 Å². The van der Waals surface area contributed by atoms with Gasteiger partial charge < -0.3 is 19.3 Å². The zero-order valence-electron chi connectivity index (χ0n) is 17.3. The SMILES string of the molecule is CC1(C)OC2C(CO)OC(n3cnc4c(SCc5ccc([N+](=O)[O-])cc5)ncnc43)C2O1. The van der Waals surface area contributed by atoms with Crippen LogP contribution in [-0.2, 0) is 20.0 Å². The zero-order chi connectivity index (χ0) is 22.5. The van der Waals surface area contributed by atoms with Crippen molar-refractivity contribution < 1.29 is 24.2 Å². The summed E-state index contributed by atoms with van der Waals surface area (Å²) in [5, 5.41) is 21.2. The summed E-state index contributed by atoms with van der Waals surface area (Å²) >= 11 is 1.46. The van der Waals surface area contributed by atoms with Crippen LogP contribution in [0, 0.1) is 10.1 Å². The Morgan fingerprint density at radius 2 is 1.94 bits per heavy atom. The lowest BCUT2D eigenvalue weighted by molar-refractivity contribution is -0.384. The second kappa shape index (κ2) is 8.05. The third-order valence-electron chi connectivity index (χ3n) is 5.43. The van der Waals surface area contributed by atoms with E-state index < -0.39 is 35.3 Å². The molecule has 4 unspecified atom stereocenters. The van der Waals surface area contributed by atoms with Crippen molar-refractivity contribution in [2.45, 2.75) is 55.0 Å². The molecule has 2 fully saturated rings. The second-order valence-corrected chi connectivity index (χ2v) is 8.99. The van der Waals surface area contributed by atoms with Crippen molar-refractivity contribution in [1.29, 1.82) is 0 Å². The molecule has 0 spiro atoms. The number of rotatable bonds is 6. The first-order valence-corrected chi connectivity index (χ1v) is 11.0. The number of aliphatic hydroxyl groups excluding tert-OH is 1. The number of aromatic nitrogens is 4. The molecule has 1 aromatic carbocycles. The number of hydrogen-bond donors (Lipinski definition) is 1. The quantitative estimate of drug-likeness (QED) is 0.253. The average Bonchev–Trinajstić information content (AvgIpc) is 3.43. The highest BCUT2D eigenvalue weighted by atomic mass is 32.2. The Balaban J connectivity index is 1.39. The minimum absolute atomic E-state index is 0.0549. The van der Waals surface area contributed by atoms with Gasteiger partial charge in [-0.2, -0.15) is 0 Å². The van der Waals surface area contributed by atoms with Crippen LogP contribution in [0.2, 0.25) is 0 Å². The Labute approximate surface area is 186 Å². The van der Waals surface area contributed by atoms with Crippen molar-refractivity contribution in [3.05, 3.63) is 52.6 Å². The molecule has 2 saturated heterocycles. The lowest BCUT2D eigenvalue weighted by Gasteiger charge is -2.24. The van der Waals surface area contributed by atoms with E-state index in [4.69, 9.17) is 14.2 Å². The number of nitro groups is 1. The minimum Gasteiger partial charge on any atom is -0.394 e. The molecule has 0 aliphatic carbocycles. The molecule has 0 amide bonds. The van der Waals surface area contributed by atoms with E-state index in [2.05, 4.69) is 15.0 Å². The van der Waals surface area contributed by atoms with Crippen LogP contribution in [0.4, 0.5) is 5.69 Å². The fourth-order valence-corrected chi connectivity index (χ4v) is 4.92. The number of ether oxygens (including phenoxy) is 3. The lowest BCUT2D eigenvalue weighted by Crippen LogP contribution is -2.31. The van der Waals surface area contributed by atoms with Gasteiger partial charge in [0, 0.05) is 17.9 Å². The van der Waals surface area contributed by atoms with Gasteiger partial charge in [-0.15, -0.1) is 0 Å². The van der Waals surface area contributed by atoms with E-state index >= 15 is 0 Å². The largest absolute Gasteiger partial charge is 0.394 e. The average molecular weight is 459 g/mol. The maximum Gasteiger partial charge on any atom is 0.269 e. The Hall–Kier alpha value is -2.64. The van der Waals surface area contributed by atoms with Gasteiger partial charge in [-0.05, 0) is 19.4 Å². The first-order chi connectivity index (χ1) is 15.4. The van der Waals surface area contributed by atoms with Crippen LogP contribution in [0.5, 0.6) is 0 Å². The topological polar surface area (TPSA) is 135 Å². The minimum atomic E-state index is -0.776. The Kier molecular flexibility index (Phi) is 5.34.